The molecular formula is C17H11BrN2O3. The van der Waals surface area contributed by atoms with E-state index in [9.17, 15) is 4.79 Å². The summed E-state index contributed by atoms with van der Waals surface area (Å²) in [6, 6.07) is 13.1. The molecule has 0 saturated heterocycles. The van der Waals surface area contributed by atoms with Gasteiger partial charge in [-0.15, -0.1) is 0 Å². The molecule has 1 amide bonds. The monoisotopic (exact) mass is 370 g/mol. The molecule has 2 aromatic carbocycles. The largest absolute Gasteiger partial charge is 0.454 e. The molecule has 0 bridgehead atoms. The Morgan fingerprint density at radius 2 is 1.96 bits per heavy atom. The fraction of sp³-hybridized carbons (Fsp3) is 0.0588. The number of benzene rings is 2. The molecule has 2 aliphatic heterocycles. The fourth-order valence-electron chi connectivity index (χ4n) is 2.41. The number of nitrogens with one attached hydrogen (secondary N) is 1. The van der Waals surface area contributed by atoms with Gasteiger partial charge in [0.15, 0.2) is 11.5 Å². The molecule has 2 aromatic rings. The molecule has 0 aliphatic carbocycles. The third kappa shape index (κ3) is 2.61. The van der Waals surface area contributed by atoms with Gasteiger partial charge in [-0.3, -0.25) is 4.79 Å². The van der Waals surface area contributed by atoms with Crippen LogP contribution in [0.4, 0.5) is 0 Å². The second kappa shape index (κ2) is 5.55. The zero-order valence-corrected chi connectivity index (χ0v) is 13.5. The Morgan fingerprint density at radius 3 is 2.83 bits per heavy atom. The maximum Gasteiger partial charge on any atom is 0.275 e. The summed E-state index contributed by atoms with van der Waals surface area (Å²) >= 11 is 3.46. The van der Waals surface area contributed by atoms with Crippen LogP contribution in [0.15, 0.2) is 57.6 Å². The first kappa shape index (κ1) is 14.0. The van der Waals surface area contributed by atoms with Crippen LogP contribution in [0.3, 0.4) is 0 Å². The van der Waals surface area contributed by atoms with E-state index in [-0.39, 0.29) is 12.7 Å². The molecule has 0 aromatic heterocycles. The summed E-state index contributed by atoms with van der Waals surface area (Å²) in [4.78, 5) is 16.5. The smallest absolute Gasteiger partial charge is 0.275 e. The molecule has 114 valence electrons. The highest BCUT2D eigenvalue weighted by molar-refractivity contribution is 9.10. The molecule has 23 heavy (non-hydrogen) atoms. The van der Waals surface area contributed by atoms with Gasteiger partial charge in [0.2, 0.25) is 6.79 Å². The van der Waals surface area contributed by atoms with Crippen LogP contribution in [-0.2, 0) is 4.79 Å². The van der Waals surface area contributed by atoms with Crippen LogP contribution in [0.25, 0.3) is 6.08 Å². The van der Waals surface area contributed by atoms with Crippen molar-refractivity contribution in [2.75, 3.05) is 6.79 Å². The molecular weight excluding hydrogens is 360 g/mol. The van der Waals surface area contributed by atoms with Crippen molar-refractivity contribution in [1.29, 1.82) is 0 Å². The number of rotatable bonds is 2. The maximum atomic E-state index is 12.1. The number of aliphatic imine (C=N–C) groups is 1. The molecule has 6 heteroatoms. The minimum Gasteiger partial charge on any atom is -0.454 e. The Morgan fingerprint density at radius 1 is 1.13 bits per heavy atom. The Kier molecular flexibility index (Phi) is 3.38. The minimum atomic E-state index is -0.228. The summed E-state index contributed by atoms with van der Waals surface area (Å²) < 4.78 is 11.5. The summed E-state index contributed by atoms with van der Waals surface area (Å²) in [7, 11) is 0. The van der Waals surface area contributed by atoms with E-state index in [0.29, 0.717) is 23.0 Å². The molecule has 0 spiro atoms. The Bertz CT molecular complexity index is 874. The number of fused-ring (bicyclic) bond motifs is 1. The average Bonchev–Trinajstić information content (AvgIpc) is 3.14. The topological polar surface area (TPSA) is 59.9 Å². The molecule has 0 unspecified atom stereocenters. The number of hydrogen-bond acceptors (Lipinski definition) is 4. The highest BCUT2D eigenvalue weighted by atomic mass is 79.9. The van der Waals surface area contributed by atoms with Gasteiger partial charge >= 0.3 is 0 Å². The second-order valence-corrected chi connectivity index (χ2v) is 5.89. The summed E-state index contributed by atoms with van der Waals surface area (Å²) in [5.74, 6) is 1.69. The van der Waals surface area contributed by atoms with Crippen molar-refractivity contribution in [3.8, 4) is 11.5 Å². The summed E-state index contributed by atoms with van der Waals surface area (Å²) in [5, 5.41) is 2.79. The van der Waals surface area contributed by atoms with E-state index in [2.05, 4.69) is 26.2 Å². The van der Waals surface area contributed by atoms with E-state index < -0.39 is 0 Å². The van der Waals surface area contributed by atoms with Crippen molar-refractivity contribution in [2.24, 2.45) is 4.99 Å². The van der Waals surface area contributed by atoms with E-state index in [1.54, 1.807) is 6.08 Å². The molecule has 0 fully saturated rings. The first-order valence-electron chi connectivity index (χ1n) is 6.97. The van der Waals surface area contributed by atoms with Gasteiger partial charge in [0.1, 0.15) is 11.5 Å². The number of carbonyl (C=O) groups excluding carboxylic acids is 1. The van der Waals surface area contributed by atoms with E-state index in [4.69, 9.17) is 9.47 Å². The van der Waals surface area contributed by atoms with Crippen LogP contribution in [-0.4, -0.2) is 18.5 Å². The normalized spacial score (nSPS) is 17.3. The van der Waals surface area contributed by atoms with E-state index in [1.165, 1.54) is 0 Å². The molecule has 0 saturated carbocycles. The predicted octanol–water partition coefficient (Wildman–Crippen LogP) is 3.10. The number of halogens is 1. The summed E-state index contributed by atoms with van der Waals surface area (Å²) in [5.41, 5.74) is 2.03. The predicted molar refractivity (Wildman–Crippen MR) is 89.4 cm³/mol. The molecule has 0 radical (unpaired) electrons. The van der Waals surface area contributed by atoms with E-state index >= 15 is 0 Å². The number of carbonyl (C=O) groups is 1. The van der Waals surface area contributed by atoms with Gasteiger partial charge in [0, 0.05) is 10.0 Å². The van der Waals surface area contributed by atoms with Gasteiger partial charge in [-0.05, 0) is 29.8 Å². The van der Waals surface area contributed by atoms with Gasteiger partial charge in [0.05, 0.1) is 0 Å². The lowest BCUT2D eigenvalue weighted by Gasteiger charge is -2.02. The Balaban J connectivity index is 1.69. The van der Waals surface area contributed by atoms with Crippen LogP contribution in [0.5, 0.6) is 11.5 Å². The van der Waals surface area contributed by atoms with Crippen LogP contribution >= 0.6 is 15.9 Å². The van der Waals surface area contributed by atoms with Crippen molar-refractivity contribution in [3.05, 3.63) is 63.8 Å². The van der Waals surface area contributed by atoms with Crippen LogP contribution in [0, 0.1) is 0 Å². The second-order valence-electron chi connectivity index (χ2n) is 5.04. The third-order valence-corrected chi connectivity index (χ3v) is 4.22. The summed E-state index contributed by atoms with van der Waals surface area (Å²) in [6.07, 6.45) is 1.72. The number of amidine groups is 1. The highest BCUT2D eigenvalue weighted by Gasteiger charge is 2.22. The molecule has 1 N–H and O–H groups in total. The standard InChI is InChI=1S/C17H11BrN2O3/c18-12-4-2-1-3-11(12)16-19-13(17(21)20-16)7-10-5-6-14-15(8-10)23-9-22-14/h1-8H,9H2,(H,19,20,21). The van der Waals surface area contributed by atoms with Crippen molar-refractivity contribution in [3.63, 3.8) is 0 Å². The first-order chi connectivity index (χ1) is 11.2. The molecule has 2 aliphatic rings. The molecule has 5 nitrogen and oxygen atoms in total. The molecule has 2 heterocycles. The van der Waals surface area contributed by atoms with Crippen LogP contribution in [0.1, 0.15) is 11.1 Å². The zero-order valence-electron chi connectivity index (χ0n) is 11.9. The van der Waals surface area contributed by atoms with Crippen molar-refractivity contribution >= 4 is 33.7 Å². The third-order valence-electron chi connectivity index (χ3n) is 3.53. The van der Waals surface area contributed by atoms with Gasteiger partial charge in [0.25, 0.3) is 5.91 Å². The Labute approximate surface area is 140 Å². The first-order valence-corrected chi connectivity index (χ1v) is 7.76. The summed E-state index contributed by atoms with van der Waals surface area (Å²) in [6.45, 7) is 0.222. The lowest BCUT2D eigenvalue weighted by molar-refractivity contribution is -0.115. The van der Waals surface area contributed by atoms with Crippen LogP contribution in [0.2, 0.25) is 0 Å². The zero-order chi connectivity index (χ0) is 15.8. The Hall–Kier alpha value is -2.60. The molecule has 4 rings (SSSR count). The fourth-order valence-corrected chi connectivity index (χ4v) is 2.88. The van der Waals surface area contributed by atoms with Gasteiger partial charge in [-0.25, -0.2) is 4.99 Å². The van der Waals surface area contributed by atoms with Gasteiger partial charge in [-0.1, -0.05) is 40.2 Å². The van der Waals surface area contributed by atoms with Crippen molar-refractivity contribution < 1.29 is 14.3 Å². The number of ether oxygens (including phenoxy) is 2. The highest BCUT2D eigenvalue weighted by Crippen LogP contribution is 2.33. The van der Waals surface area contributed by atoms with E-state index in [0.717, 1.165) is 15.6 Å². The van der Waals surface area contributed by atoms with Gasteiger partial charge in [-0.2, -0.15) is 0 Å². The lowest BCUT2D eigenvalue weighted by Crippen LogP contribution is -2.25. The number of nitrogens with zero attached hydrogens (tertiary/aromatic N) is 1. The average molecular weight is 371 g/mol. The molecule has 0 atom stereocenters. The lowest BCUT2D eigenvalue weighted by atomic mass is 10.1. The SMILES string of the molecule is O=C1NC(c2ccccc2Br)=NC1=Cc1ccc2c(c1)OCO2. The maximum absolute atomic E-state index is 12.1. The van der Waals surface area contributed by atoms with Crippen LogP contribution < -0.4 is 14.8 Å². The number of hydrogen-bond donors (Lipinski definition) is 1. The quantitative estimate of drug-likeness (QED) is 0.826. The number of amides is 1. The van der Waals surface area contributed by atoms with Crippen molar-refractivity contribution in [1.82, 2.24) is 5.32 Å². The van der Waals surface area contributed by atoms with Gasteiger partial charge < -0.3 is 14.8 Å². The van der Waals surface area contributed by atoms with E-state index in [1.807, 2.05) is 42.5 Å². The minimum absolute atomic E-state index is 0.222. The van der Waals surface area contributed by atoms with Crippen molar-refractivity contribution in [2.45, 2.75) is 0 Å².